The van der Waals surface area contributed by atoms with Crippen LogP contribution in [0.5, 0.6) is 0 Å². The molecule has 0 aliphatic heterocycles. The molecule has 1 rings (SSSR count). The normalized spacial score (nSPS) is 9.33. The Balaban J connectivity index is 2.57. The summed E-state index contributed by atoms with van der Waals surface area (Å²) in [4.78, 5) is 14.0. The van der Waals surface area contributed by atoms with Crippen LogP contribution in [0, 0.1) is 10.1 Å². The molecule has 5 heteroatoms. The van der Waals surface area contributed by atoms with E-state index in [9.17, 15) is 10.1 Å². The molecule has 5 nitrogen and oxygen atoms in total. The third-order valence-electron chi connectivity index (χ3n) is 1.29. The zero-order chi connectivity index (χ0) is 8.97. The molecule has 0 spiro atoms. The van der Waals surface area contributed by atoms with Crippen molar-refractivity contribution >= 4 is 5.69 Å². The molecule has 0 unspecified atom stereocenters. The fourth-order valence-corrected chi connectivity index (χ4v) is 0.810. The third kappa shape index (κ3) is 2.45. The summed E-state index contributed by atoms with van der Waals surface area (Å²) in [7, 11) is 0. The van der Waals surface area contributed by atoms with Crippen molar-refractivity contribution in [1.29, 1.82) is 0 Å². The number of benzene rings is 1. The van der Waals surface area contributed by atoms with Crippen LogP contribution in [0.25, 0.3) is 0 Å². The van der Waals surface area contributed by atoms with Crippen LogP contribution in [0.4, 0.5) is 5.69 Å². The maximum absolute atomic E-state index is 9.81. The number of anilines is 1. The topological polar surface area (TPSA) is 78.4 Å². The molecule has 0 aromatic heterocycles. The minimum atomic E-state index is -0.830. The smallest absolute Gasteiger partial charge is 0.294 e. The standard InChI is InChI=1S/C7H8N2O3/c8-7-3-1-2-6(4-7)5-12-9(10)11/h1-4H,5,8H2. The lowest BCUT2D eigenvalue weighted by Crippen LogP contribution is -2.00. The molecular formula is C7H8N2O3. The summed E-state index contributed by atoms with van der Waals surface area (Å²) in [6.45, 7) is -0.0575. The SMILES string of the molecule is Nc1cccc(CO[N+](=O)[O-])c1. The van der Waals surface area contributed by atoms with Crippen molar-refractivity contribution in [3.05, 3.63) is 39.9 Å². The van der Waals surface area contributed by atoms with E-state index < -0.39 is 5.09 Å². The first kappa shape index (κ1) is 8.32. The molecule has 1 aromatic rings. The second kappa shape index (κ2) is 3.56. The summed E-state index contributed by atoms with van der Waals surface area (Å²) in [5.74, 6) is 0. The Kier molecular flexibility index (Phi) is 2.47. The summed E-state index contributed by atoms with van der Waals surface area (Å²) < 4.78 is 0. The first-order valence-corrected chi connectivity index (χ1v) is 3.30. The average Bonchev–Trinajstić information content (AvgIpc) is 2.01. The third-order valence-corrected chi connectivity index (χ3v) is 1.29. The maximum Gasteiger partial charge on any atom is 0.294 e. The lowest BCUT2D eigenvalue weighted by atomic mass is 10.2. The lowest BCUT2D eigenvalue weighted by molar-refractivity contribution is -0.763. The van der Waals surface area contributed by atoms with Gasteiger partial charge >= 0.3 is 0 Å². The van der Waals surface area contributed by atoms with Crippen LogP contribution in [0.1, 0.15) is 5.56 Å². The summed E-state index contributed by atoms with van der Waals surface area (Å²) in [6.07, 6.45) is 0. The molecule has 0 aliphatic carbocycles. The van der Waals surface area contributed by atoms with Gasteiger partial charge in [-0.3, -0.25) is 0 Å². The quantitative estimate of drug-likeness (QED) is 0.414. The highest BCUT2D eigenvalue weighted by Crippen LogP contribution is 2.07. The van der Waals surface area contributed by atoms with Crippen LogP contribution in [-0.2, 0) is 11.4 Å². The fourth-order valence-electron chi connectivity index (χ4n) is 0.810. The molecule has 0 aliphatic rings. The van der Waals surface area contributed by atoms with Crippen molar-refractivity contribution in [3.63, 3.8) is 0 Å². The highest BCUT2D eigenvalue weighted by Gasteiger charge is 1.96. The van der Waals surface area contributed by atoms with Crippen LogP contribution in [-0.4, -0.2) is 5.09 Å². The van der Waals surface area contributed by atoms with Gasteiger partial charge in [-0.1, -0.05) is 12.1 Å². The number of nitrogens with zero attached hydrogens (tertiary/aromatic N) is 1. The minimum Gasteiger partial charge on any atom is -0.399 e. The van der Waals surface area contributed by atoms with E-state index in [1.54, 1.807) is 24.3 Å². The molecule has 0 saturated carbocycles. The number of hydrogen-bond donors (Lipinski definition) is 1. The average molecular weight is 168 g/mol. The summed E-state index contributed by atoms with van der Waals surface area (Å²) >= 11 is 0. The molecule has 0 radical (unpaired) electrons. The van der Waals surface area contributed by atoms with E-state index in [-0.39, 0.29) is 6.61 Å². The molecule has 64 valence electrons. The van der Waals surface area contributed by atoms with Crippen molar-refractivity contribution < 1.29 is 9.92 Å². The monoisotopic (exact) mass is 168 g/mol. The second-order valence-electron chi connectivity index (χ2n) is 2.24. The summed E-state index contributed by atoms with van der Waals surface area (Å²) in [5.41, 5.74) is 6.70. The van der Waals surface area contributed by atoms with Gasteiger partial charge in [-0.05, 0) is 17.7 Å². The Bertz CT molecular complexity index is 288. The second-order valence-corrected chi connectivity index (χ2v) is 2.24. The van der Waals surface area contributed by atoms with Gasteiger partial charge in [0.15, 0.2) is 0 Å². The molecule has 0 bridgehead atoms. The van der Waals surface area contributed by atoms with Gasteiger partial charge < -0.3 is 10.6 Å². The molecule has 1 aromatic carbocycles. The van der Waals surface area contributed by atoms with Gasteiger partial charge in [-0.25, -0.2) is 0 Å². The molecule has 12 heavy (non-hydrogen) atoms. The Morgan fingerprint density at radius 2 is 2.33 bits per heavy atom. The number of hydrogen-bond acceptors (Lipinski definition) is 4. The van der Waals surface area contributed by atoms with Crippen molar-refractivity contribution in [1.82, 2.24) is 0 Å². The van der Waals surface area contributed by atoms with E-state index in [2.05, 4.69) is 4.84 Å². The van der Waals surface area contributed by atoms with Crippen molar-refractivity contribution in [3.8, 4) is 0 Å². The molecule has 0 saturated heterocycles. The zero-order valence-electron chi connectivity index (χ0n) is 6.27. The van der Waals surface area contributed by atoms with Gasteiger partial charge in [0.05, 0.1) is 0 Å². The first-order chi connectivity index (χ1) is 5.68. The van der Waals surface area contributed by atoms with Crippen molar-refractivity contribution in [2.24, 2.45) is 0 Å². The molecule has 2 N–H and O–H groups in total. The van der Waals surface area contributed by atoms with Crippen LogP contribution < -0.4 is 5.73 Å². The number of nitrogens with two attached hydrogens (primary N) is 1. The van der Waals surface area contributed by atoms with Crippen molar-refractivity contribution in [2.75, 3.05) is 5.73 Å². The van der Waals surface area contributed by atoms with Gasteiger partial charge in [-0.2, -0.15) is 0 Å². The molecule has 0 atom stereocenters. The number of nitrogen functional groups attached to an aromatic ring is 1. The molecular weight excluding hydrogens is 160 g/mol. The predicted octanol–water partition coefficient (Wildman–Crippen LogP) is 0.977. The molecule has 0 fully saturated rings. The van der Waals surface area contributed by atoms with E-state index in [0.717, 1.165) is 0 Å². The van der Waals surface area contributed by atoms with Gasteiger partial charge in [0.2, 0.25) is 0 Å². The van der Waals surface area contributed by atoms with Crippen LogP contribution in [0.15, 0.2) is 24.3 Å². The van der Waals surface area contributed by atoms with Crippen LogP contribution in [0.3, 0.4) is 0 Å². The summed E-state index contributed by atoms with van der Waals surface area (Å²) in [5, 5.41) is 8.98. The predicted molar refractivity (Wildman–Crippen MR) is 42.6 cm³/mol. The van der Waals surface area contributed by atoms with Gasteiger partial charge in [0.1, 0.15) is 6.61 Å². The van der Waals surface area contributed by atoms with Gasteiger partial charge in [-0.15, -0.1) is 10.1 Å². The Hall–Kier alpha value is -1.78. The minimum absolute atomic E-state index is 0.0575. The maximum atomic E-state index is 9.81. The number of rotatable bonds is 3. The molecule has 0 amide bonds. The first-order valence-electron chi connectivity index (χ1n) is 3.30. The highest BCUT2D eigenvalue weighted by molar-refractivity contribution is 5.40. The Morgan fingerprint density at radius 3 is 2.92 bits per heavy atom. The van der Waals surface area contributed by atoms with Gasteiger partial charge in [0.25, 0.3) is 5.09 Å². The summed E-state index contributed by atoms with van der Waals surface area (Å²) in [6, 6.07) is 6.76. The van der Waals surface area contributed by atoms with Crippen molar-refractivity contribution in [2.45, 2.75) is 6.61 Å². The van der Waals surface area contributed by atoms with E-state index in [1.165, 1.54) is 0 Å². The molecule has 0 heterocycles. The highest BCUT2D eigenvalue weighted by atomic mass is 16.9. The zero-order valence-corrected chi connectivity index (χ0v) is 6.27. The Morgan fingerprint density at radius 1 is 1.58 bits per heavy atom. The van der Waals surface area contributed by atoms with Crippen LogP contribution in [0.2, 0.25) is 0 Å². The lowest BCUT2D eigenvalue weighted by Gasteiger charge is -1.99. The largest absolute Gasteiger partial charge is 0.399 e. The van der Waals surface area contributed by atoms with Crippen LogP contribution >= 0.6 is 0 Å². The van der Waals surface area contributed by atoms with Gasteiger partial charge in [0, 0.05) is 5.69 Å². The van der Waals surface area contributed by atoms with E-state index in [0.29, 0.717) is 11.3 Å². The fraction of sp³-hybridized carbons (Fsp3) is 0.143. The van der Waals surface area contributed by atoms with E-state index in [4.69, 9.17) is 5.73 Å². The van der Waals surface area contributed by atoms with E-state index >= 15 is 0 Å². The Labute approximate surface area is 68.9 Å². The van der Waals surface area contributed by atoms with E-state index in [1.807, 2.05) is 0 Å².